The fraction of sp³-hybridized carbons (Fsp3) is 0.750. The topological polar surface area (TPSA) is 41.6 Å². The van der Waals surface area contributed by atoms with E-state index < -0.39 is 0 Å². The van der Waals surface area contributed by atoms with Crippen LogP contribution in [0.3, 0.4) is 0 Å². The normalized spacial score (nSPS) is 22.3. The Hall–Kier alpha value is -1.21. The molecule has 0 aromatic heterocycles. The van der Waals surface area contributed by atoms with Gasteiger partial charge in [-0.3, -0.25) is 5.32 Å². The van der Waals surface area contributed by atoms with Crippen LogP contribution in [0, 0.1) is 11.8 Å². The summed E-state index contributed by atoms with van der Waals surface area (Å²) in [7, 11) is 3.35. The van der Waals surface area contributed by atoms with Crippen molar-refractivity contribution in [1.82, 2.24) is 10.2 Å². The van der Waals surface area contributed by atoms with E-state index in [1.165, 1.54) is 4.90 Å². The zero-order chi connectivity index (χ0) is 12.6. The summed E-state index contributed by atoms with van der Waals surface area (Å²) in [6.07, 6.45) is 0.443. The van der Waals surface area contributed by atoms with Crippen LogP contribution in [0.25, 0.3) is 0 Å². The average Bonchev–Trinajstić information content (AvgIpc) is 2.69. The summed E-state index contributed by atoms with van der Waals surface area (Å²) in [5.74, 6) is 5.85. The molecule has 0 radical (unpaired) electrons. The number of ether oxygens (including phenoxy) is 1. The molecule has 1 fully saturated rings. The third-order valence-corrected chi connectivity index (χ3v) is 2.04. The van der Waals surface area contributed by atoms with Gasteiger partial charge in [0.1, 0.15) is 6.10 Å². The Morgan fingerprint density at radius 2 is 2.06 bits per heavy atom. The lowest BCUT2D eigenvalue weighted by Crippen LogP contribution is -2.29. The Morgan fingerprint density at radius 3 is 2.56 bits per heavy atom. The maximum atomic E-state index is 11.2. The van der Waals surface area contributed by atoms with Gasteiger partial charge >= 0.3 is 6.09 Å². The summed E-state index contributed by atoms with van der Waals surface area (Å²) in [6, 6.07) is 0.167. The predicted octanol–water partition coefficient (Wildman–Crippen LogP) is 1.46. The molecule has 0 spiro atoms. The highest BCUT2D eigenvalue weighted by Gasteiger charge is 2.26. The summed E-state index contributed by atoms with van der Waals surface area (Å²) >= 11 is 0. The van der Waals surface area contributed by atoms with Gasteiger partial charge in [-0.1, -0.05) is 19.8 Å². The highest BCUT2D eigenvalue weighted by molar-refractivity contribution is 5.67. The van der Waals surface area contributed by atoms with Crippen LogP contribution in [0.1, 0.15) is 27.2 Å². The second-order valence-corrected chi connectivity index (χ2v) is 3.49. The molecular formula is C12H22N2O2. The molecule has 2 atom stereocenters. The van der Waals surface area contributed by atoms with E-state index in [-0.39, 0.29) is 18.2 Å². The van der Waals surface area contributed by atoms with E-state index in [0.717, 1.165) is 6.42 Å². The number of nitrogens with one attached hydrogen (secondary N) is 1. The van der Waals surface area contributed by atoms with Gasteiger partial charge in [-0.25, -0.2) is 4.79 Å². The summed E-state index contributed by atoms with van der Waals surface area (Å²) in [5.41, 5.74) is 0. The lowest BCUT2D eigenvalue weighted by Gasteiger charge is -2.15. The van der Waals surface area contributed by atoms with Gasteiger partial charge in [0.05, 0.1) is 6.04 Å². The van der Waals surface area contributed by atoms with Crippen LogP contribution in [-0.2, 0) is 4.74 Å². The summed E-state index contributed by atoms with van der Waals surface area (Å²) in [6.45, 7) is 6.50. The van der Waals surface area contributed by atoms with E-state index in [1.807, 2.05) is 13.8 Å². The summed E-state index contributed by atoms with van der Waals surface area (Å²) in [5, 5.41) is 3.18. The minimum absolute atomic E-state index is 0.0456. The lowest BCUT2D eigenvalue weighted by atomic mass is 10.2. The Kier molecular flexibility index (Phi) is 7.40. The molecule has 4 heteroatoms. The molecule has 1 N–H and O–H groups in total. The van der Waals surface area contributed by atoms with Gasteiger partial charge in [-0.15, -0.1) is 5.92 Å². The molecule has 92 valence electrons. The third-order valence-electron chi connectivity index (χ3n) is 2.04. The van der Waals surface area contributed by atoms with E-state index in [9.17, 15) is 4.79 Å². The van der Waals surface area contributed by atoms with Gasteiger partial charge in [-0.05, 0) is 6.92 Å². The maximum Gasteiger partial charge on any atom is 0.409 e. The minimum Gasteiger partial charge on any atom is -0.445 e. The van der Waals surface area contributed by atoms with Gasteiger partial charge in [0.15, 0.2) is 0 Å². The molecule has 0 aromatic carbocycles. The number of nitrogens with zero attached hydrogens (tertiary/aromatic N) is 1. The zero-order valence-corrected chi connectivity index (χ0v) is 10.8. The molecule has 0 saturated carbocycles. The molecular weight excluding hydrogens is 204 g/mol. The highest BCUT2D eigenvalue weighted by Crippen LogP contribution is 2.10. The number of amides is 1. The molecule has 4 nitrogen and oxygen atoms in total. The van der Waals surface area contributed by atoms with Crippen LogP contribution < -0.4 is 5.32 Å². The van der Waals surface area contributed by atoms with Gasteiger partial charge in [0, 0.05) is 27.1 Å². The number of carbonyl (C=O) groups is 1. The van der Waals surface area contributed by atoms with Crippen molar-refractivity contribution in [1.29, 1.82) is 0 Å². The second kappa shape index (κ2) is 8.00. The van der Waals surface area contributed by atoms with E-state index in [2.05, 4.69) is 17.2 Å². The fourth-order valence-corrected chi connectivity index (χ4v) is 1.33. The van der Waals surface area contributed by atoms with Crippen molar-refractivity contribution in [2.24, 2.45) is 0 Å². The molecule has 2 unspecified atom stereocenters. The van der Waals surface area contributed by atoms with E-state index in [0.29, 0.717) is 6.54 Å². The molecule has 0 aliphatic carbocycles. The monoisotopic (exact) mass is 226 g/mol. The van der Waals surface area contributed by atoms with Gasteiger partial charge in [-0.2, -0.15) is 0 Å². The Balaban J connectivity index is 0.00000106. The van der Waals surface area contributed by atoms with Crippen LogP contribution in [0.2, 0.25) is 0 Å². The quantitative estimate of drug-likeness (QED) is 0.688. The zero-order valence-electron chi connectivity index (χ0n) is 10.8. The highest BCUT2D eigenvalue weighted by atomic mass is 16.6. The van der Waals surface area contributed by atoms with Crippen molar-refractivity contribution >= 4 is 6.09 Å². The first kappa shape index (κ1) is 14.8. The Bertz CT molecular complexity index is 266. The first-order chi connectivity index (χ1) is 7.63. The molecule has 1 saturated heterocycles. The molecule has 1 rings (SSSR count). The maximum absolute atomic E-state index is 11.2. The van der Waals surface area contributed by atoms with Crippen molar-refractivity contribution in [3.05, 3.63) is 0 Å². The lowest BCUT2D eigenvalue weighted by molar-refractivity contribution is 0.0827. The van der Waals surface area contributed by atoms with Crippen molar-refractivity contribution in [3.8, 4) is 11.8 Å². The van der Waals surface area contributed by atoms with Crippen LogP contribution in [0.5, 0.6) is 0 Å². The van der Waals surface area contributed by atoms with Crippen molar-refractivity contribution in [2.45, 2.75) is 39.3 Å². The third kappa shape index (κ3) is 5.04. The van der Waals surface area contributed by atoms with Gasteiger partial charge in [0.2, 0.25) is 0 Å². The summed E-state index contributed by atoms with van der Waals surface area (Å²) in [4.78, 5) is 12.6. The molecule has 1 amide bonds. The van der Waals surface area contributed by atoms with E-state index >= 15 is 0 Å². The molecule has 1 aliphatic heterocycles. The SMILES string of the molecule is CC.CC#CC1CC(OC(=O)N(C)C)CN1. The van der Waals surface area contributed by atoms with Crippen molar-refractivity contribution in [2.75, 3.05) is 20.6 Å². The van der Waals surface area contributed by atoms with Crippen molar-refractivity contribution < 1.29 is 9.53 Å². The van der Waals surface area contributed by atoms with Crippen LogP contribution in [-0.4, -0.2) is 43.8 Å². The molecule has 1 heterocycles. The largest absolute Gasteiger partial charge is 0.445 e. The van der Waals surface area contributed by atoms with Crippen LogP contribution >= 0.6 is 0 Å². The van der Waals surface area contributed by atoms with Crippen LogP contribution in [0.4, 0.5) is 4.79 Å². The fourth-order valence-electron chi connectivity index (χ4n) is 1.33. The number of hydrogen-bond acceptors (Lipinski definition) is 3. The van der Waals surface area contributed by atoms with Gasteiger partial charge < -0.3 is 9.64 Å². The first-order valence-electron chi connectivity index (χ1n) is 5.67. The molecule has 1 aliphatic rings. The van der Waals surface area contributed by atoms with Crippen molar-refractivity contribution in [3.63, 3.8) is 0 Å². The van der Waals surface area contributed by atoms with E-state index in [1.54, 1.807) is 21.0 Å². The minimum atomic E-state index is -0.290. The smallest absolute Gasteiger partial charge is 0.409 e. The number of hydrogen-bond donors (Lipinski definition) is 1. The summed E-state index contributed by atoms with van der Waals surface area (Å²) < 4.78 is 5.21. The second-order valence-electron chi connectivity index (χ2n) is 3.49. The number of carbonyl (C=O) groups excluding carboxylic acids is 1. The van der Waals surface area contributed by atoms with Crippen LogP contribution in [0.15, 0.2) is 0 Å². The average molecular weight is 226 g/mol. The number of rotatable bonds is 1. The molecule has 16 heavy (non-hydrogen) atoms. The Labute approximate surface area is 98.3 Å². The van der Waals surface area contributed by atoms with Gasteiger partial charge in [0.25, 0.3) is 0 Å². The van der Waals surface area contributed by atoms with E-state index in [4.69, 9.17) is 4.74 Å². The molecule has 0 aromatic rings. The Morgan fingerprint density at radius 1 is 1.44 bits per heavy atom. The first-order valence-corrected chi connectivity index (χ1v) is 5.67. The molecule has 0 bridgehead atoms. The predicted molar refractivity (Wildman–Crippen MR) is 65.2 cm³/mol. The standard InChI is InChI=1S/C10H16N2O2.C2H6/c1-4-5-8-6-9(7-11-8)14-10(13)12(2)3;1-2/h8-9,11H,6-7H2,1-3H3;1-2H3.